The summed E-state index contributed by atoms with van der Waals surface area (Å²) in [6.07, 6.45) is 2.67. The Morgan fingerprint density at radius 1 is 1.47 bits per heavy atom. The molecule has 2 aliphatic rings. The van der Waals surface area contributed by atoms with E-state index in [0.717, 1.165) is 12.7 Å². The van der Waals surface area contributed by atoms with E-state index in [0.29, 0.717) is 18.6 Å². The average Bonchev–Trinajstić information content (AvgIpc) is 2.81. The van der Waals surface area contributed by atoms with E-state index in [4.69, 9.17) is 9.57 Å². The topological polar surface area (TPSA) is 65.0 Å². The maximum Gasteiger partial charge on any atom is 0.354 e. The first kappa shape index (κ1) is 14.0. The molecule has 1 saturated carbocycles. The lowest BCUT2D eigenvalue weighted by Gasteiger charge is -2.35. The van der Waals surface area contributed by atoms with Gasteiger partial charge in [0.1, 0.15) is 11.7 Å². The zero-order valence-corrected chi connectivity index (χ0v) is 12.0. The summed E-state index contributed by atoms with van der Waals surface area (Å²) < 4.78 is 5.12. The van der Waals surface area contributed by atoms with Crippen molar-refractivity contribution < 1.29 is 19.2 Å². The second kappa shape index (κ2) is 4.32. The predicted octanol–water partition coefficient (Wildman–Crippen LogP) is 2.09. The second-order valence-electron chi connectivity index (χ2n) is 6.27. The molecule has 1 aliphatic carbocycles. The van der Waals surface area contributed by atoms with E-state index in [1.807, 2.05) is 20.8 Å². The molecular formula is C14H21NO4. The van der Waals surface area contributed by atoms with Crippen molar-refractivity contribution in [2.24, 2.45) is 16.0 Å². The number of hydrogen-bond acceptors (Lipinski definition) is 5. The summed E-state index contributed by atoms with van der Waals surface area (Å²) in [7, 11) is 0. The molecule has 2 atom stereocenters. The van der Waals surface area contributed by atoms with Gasteiger partial charge < -0.3 is 14.4 Å². The number of nitrogens with zero attached hydrogens (tertiary/aromatic N) is 1. The molecule has 0 spiro atoms. The van der Waals surface area contributed by atoms with Crippen LogP contribution in [0.4, 0.5) is 0 Å². The van der Waals surface area contributed by atoms with Gasteiger partial charge in [0, 0.05) is 11.8 Å². The Bertz CT molecular complexity index is 437. The first-order valence-corrected chi connectivity index (χ1v) is 6.75. The maximum atomic E-state index is 12.3. The molecule has 1 aliphatic heterocycles. The number of rotatable bonds is 3. The van der Waals surface area contributed by atoms with Crippen LogP contribution in [0.5, 0.6) is 0 Å². The number of esters is 1. The van der Waals surface area contributed by atoms with Gasteiger partial charge >= 0.3 is 5.97 Å². The SMILES string of the molecule is CCOC(=O)C12CCCC1(C=O)C(C(C)(C)C)=NO2. The molecular weight excluding hydrogens is 246 g/mol. The second-order valence-corrected chi connectivity index (χ2v) is 6.27. The summed E-state index contributed by atoms with van der Waals surface area (Å²) in [5.41, 5.74) is -1.87. The molecule has 5 nitrogen and oxygen atoms in total. The molecule has 0 amide bonds. The van der Waals surface area contributed by atoms with Gasteiger partial charge in [0.2, 0.25) is 0 Å². The number of aldehydes is 1. The fourth-order valence-electron chi connectivity index (χ4n) is 3.27. The van der Waals surface area contributed by atoms with Crippen LogP contribution in [0.25, 0.3) is 0 Å². The summed E-state index contributed by atoms with van der Waals surface area (Å²) in [5.74, 6) is -0.470. The van der Waals surface area contributed by atoms with Gasteiger partial charge in [-0.3, -0.25) is 0 Å². The lowest BCUT2D eigenvalue weighted by atomic mass is 9.65. The van der Waals surface area contributed by atoms with E-state index in [1.165, 1.54) is 0 Å². The summed E-state index contributed by atoms with van der Waals surface area (Å²) in [6, 6.07) is 0. The van der Waals surface area contributed by atoms with Gasteiger partial charge in [-0.2, -0.15) is 0 Å². The Balaban J connectivity index is 2.48. The number of oxime groups is 1. The predicted molar refractivity (Wildman–Crippen MR) is 69.7 cm³/mol. The van der Waals surface area contributed by atoms with Crippen LogP contribution in [0.1, 0.15) is 47.0 Å². The van der Waals surface area contributed by atoms with Gasteiger partial charge in [0.25, 0.3) is 5.60 Å². The van der Waals surface area contributed by atoms with E-state index in [9.17, 15) is 9.59 Å². The Morgan fingerprint density at radius 3 is 2.68 bits per heavy atom. The van der Waals surface area contributed by atoms with Crippen LogP contribution in [0.15, 0.2) is 5.16 Å². The van der Waals surface area contributed by atoms with Crippen molar-refractivity contribution in [2.75, 3.05) is 6.61 Å². The third kappa shape index (κ3) is 1.70. The van der Waals surface area contributed by atoms with E-state index >= 15 is 0 Å². The average molecular weight is 267 g/mol. The van der Waals surface area contributed by atoms with Crippen molar-refractivity contribution in [1.82, 2.24) is 0 Å². The van der Waals surface area contributed by atoms with Crippen LogP contribution in [0.2, 0.25) is 0 Å². The van der Waals surface area contributed by atoms with Crippen LogP contribution < -0.4 is 0 Å². The molecule has 1 fully saturated rings. The van der Waals surface area contributed by atoms with Crippen LogP contribution in [0, 0.1) is 10.8 Å². The van der Waals surface area contributed by atoms with E-state index in [1.54, 1.807) is 6.92 Å². The van der Waals surface area contributed by atoms with Crippen molar-refractivity contribution in [1.29, 1.82) is 0 Å². The molecule has 106 valence electrons. The fraction of sp³-hybridized carbons (Fsp3) is 0.786. The van der Waals surface area contributed by atoms with Crippen molar-refractivity contribution in [3.63, 3.8) is 0 Å². The number of ether oxygens (including phenoxy) is 1. The van der Waals surface area contributed by atoms with Crippen molar-refractivity contribution in [2.45, 2.75) is 52.6 Å². The third-order valence-electron chi connectivity index (χ3n) is 4.05. The Kier molecular flexibility index (Phi) is 3.19. The first-order chi connectivity index (χ1) is 8.84. The minimum absolute atomic E-state index is 0.268. The molecule has 0 aromatic heterocycles. The van der Waals surface area contributed by atoms with Gasteiger partial charge in [-0.15, -0.1) is 0 Å². The zero-order chi connectivity index (χ0) is 14.3. The minimum atomic E-state index is -1.24. The molecule has 0 radical (unpaired) electrons. The number of carbonyl (C=O) groups excluding carboxylic acids is 2. The summed E-state index contributed by atoms with van der Waals surface area (Å²) >= 11 is 0. The van der Waals surface area contributed by atoms with Gasteiger partial charge in [-0.05, 0) is 19.8 Å². The molecule has 5 heteroatoms. The van der Waals surface area contributed by atoms with Crippen LogP contribution in [-0.4, -0.2) is 30.2 Å². The highest BCUT2D eigenvalue weighted by atomic mass is 16.7. The van der Waals surface area contributed by atoms with E-state index < -0.39 is 17.0 Å². The monoisotopic (exact) mass is 267 g/mol. The van der Waals surface area contributed by atoms with Crippen LogP contribution in [0.3, 0.4) is 0 Å². The van der Waals surface area contributed by atoms with Crippen LogP contribution >= 0.6 is 0 Å². The van der Waals surface area contributed by atoms with Crippen molar-refractivity contribution >= 4 is 18.0 Å². The molecule has 0 aromatic carbocycles. The molecule has 0 N–H and O–H groups in total. The molecule has 1 heterocycles. The number of carbonyl (C=O) groups is 2. The van der Waals surface area contributed by atoms with E-state index in [2.05, 4.69) is 5.16 Å². The Morgan fingerprint density at radius 2 is 2.16 bits per heavy atom. The van der Waals surface area contributed by atoms with Crippen LogP contribution in [-0.2, 0) is 19.2 Å². The van der Waals surface area contributed by atoms with Gasteiger partial charge in [-0.25, -0.2) is 4.79 Å². The lowest BCUT2D eigenvalue weighted by molar-refractivity contribution is -0.177. The van der Waals surface area contributed by atoms with Gasteiger partial charge in [-0.1, -0.05) is 25.9 Å². The van der Waals surface area contributed by atoms with Crippen molar-refractivity contribution in [3.8, 4) is 0 Å². The summed E-state index contributed by atoms with van der Waals surface area (Å²) in [4.78, 5) is 29.6. The normalized spacial score (nSPS) is 33.4. The Hall–Kier alpha value is -1.39. The van der Waals surface area contributed by atoms with Gasteiger partial charge in [0.05, 0.1) is 12.3 Å². The maximum absolute atomic E-state index is 12.3. The third-order valence-corrected chi connectivity index (χ3v) is 4.05. The summed E-state index contributed by atoms with van der Waals surface area (Å²) in [5, 5.41) is 4.09. The number of hydrogen-bond donors (Lipinski definition) is 0. The Labute approximate surface area is 113 Å². The molecule has 0 saturated heterocycles. The lowest BCUT2D eigenvalue weighted by Crippen LogP contribution is -2.55. The fourth-order valence-corrected chi connectivity index (χ4v) is 3.27. The van der Waals surface area contributed by atoms with E-state index in [-0.39, 0.29) is 12.0 Å². The standard InChI is InChI=1S/C14H21NO4/c1-5-18-11(17)14-8-6-7-13(14,9-16)10(15-19-14)12(2,3)4/h9H,5-8H2,1-4H3. The largest absolute Gasteiger partial charge is 0.463 e. The highest BCUT2D eigenvalue weighted by Gasteiger charge is 2.70. The quantitative estimate of drug-likeness (QED) is 0.580. The highest BCUT2D eigenvalue weighted by molar-refractivity contribution is 6.11. The van der Waals surface area contributed by atoms with Crippen molar-refractivity contribution in [3.05, 3.63) is 0 Å². The molecule has 19 heavy (non-hydrogen) atoms. The highest BCUT2D eigenvalue weighted by Crippen LogP contribution is 2.56. The number of fused-ring (bicyclic) bond motifs is 1. The molecule has 2 unspecified atom stereocenters. The molecule has 2 rings (SSSR count). The minimum Gasteiger partial charge on any atom is -0.463 e. The zero-order valence-electron chi connectivity index (χ0n) is 12.0. The molecule has 0 bridgehead atoms. The first-order valence-electron chi connectivity index (χ1n) is 6.75. The smallest absolute Gasteiger partial charge is 0.354 e. The molecule has 0 aromatic rings. The van der Waals surface area contributed by atoms with Gasteiger partial charge in [0.15, 0.2) is 0 Å². The summed E-state index contributed by atoms with van der Waals surface area (Å²) in [6.45, 7) is 7.93.